The van der Waals surface area contributed by atoms with Gasteiger partial charge in [-0.25, -0.2) is 24.9 Å². The molecule has 0 radical (unpaired) electrons. The fourth-order valence-electron chi connectivity index (χ4n) is 15.1. The summed E-state index contributed by atoms with van der Waals surface area (Å²) < 4.78 is 0. The van der Waals surface area contributed by atoms with Gasteiger partial charge < -0.3 is 0 Å². The first-order valence-electron chi connectivity index (χ1n) is 36.4. The second kappa shape index (κ2) is 28.3. The van der Waals surface area contributed by atoms with Gasteiger partial charge in [0.05, 0.1) is 67.6 Å². The molecule has 108 heavy (non-hydrogen) atoms. The third-order valence-corrected chi connectivity index (χ3v) is 20.4. The molecule has 7 aromatic heterocycles. The van der Waals surface area contributed by atoms with Gasteiger partial charge >= 0.3 is 0 Å². The molecule has 20 aromatic rings. The summed E-state index contributed by atoms with van der Waals surface area (Å²) >= 11 is 0. The van der Waals surface area contributed by atoms with Gasteiger partial charge in [0, 0.05) is 77.7 Å². The van der Waals surface area contributed by atoms with Crippen molar-refractivity contribution < 1.29 is 0 Å². The van der Waals surface area contributed by atoms with E-state index in [-0.39, 0.29) is 0 Å². The van der Waals surface area contributed by atoms with E-state index in [0.29, 0.717) is 0 Å². The highest BCUT2D eigenvalue weighted by atomic mass is 14.8. The van der Waals surface area contributed by atoms with Crippen LogP contribution in [0.5, 0.6) is 0 Å². The summed E-state index contributed by atoms with van der Waals surface area (Å²) in [5, 5.41) is 9.08. The van der Waals surface area contributed by atoms with E-state index in [1.54, 1.807) is 12.4 Å². The highest BCUT2D eigenvalue weighted by molar-refractivity contribution is 6.19. The highest BCUT2D eigenvalue weighted by Gasteiger charge is 2.20. The van der Waals surface area contributed by atoms with Crippen LogP contribution in [0.3, 0.4) is 0 Å². The van der Waals surface area contributed by atoms with E-state index in [2.05, 4.69) is 338 Å². The van der Waals surface area contributed by atoms with E-state index >= 15 is 0 Å². The Morgan fingerprint density at radius 1 is 0.167 bits per heavy atom. The molecule has 20 rings (SSSR count). The number of nitrogens with zero attached hydrogens (tertiary/aromatic N) is 7. The second-order valence-corrected chi connectivity index (χ2v) is 27.1. The van der Waals surface area contributed by atoms with Crippen LogP contribution < -0.4 is 0 Å². The Morgan fingerprint density at radius 3 is 0.981 bits per heavy atom. The third kappa shape index (κ3) is 12.5. The molecule has 0 fully saturated rings. The Labute approximate surface area is 625 Å². The molecule has 0 aliphatic heterocycles. The first-order chi connectivity index (χ1) is 53.5. The van der Waals surface area contributed by atoms with Gasteiger partial charge in [-0.05, 0) is 152 Å². The SMILES string of the molecule is c1ccc(-c2cccc(-c3nc4ccccc4c4c(-c5cccc(-c6ccc(-c7cc(-c8ccccn8)nc(-c8ccccn8)c7)cc6)c5)cccc34)c2)cc1.c1ccc(-c2cccc(-c3nc4ccccc4c4c(-c5cccc(-c6ccc7ccc8ccc(-c9ccccc9)nc8c7n6)c5)cccc34)c2)cc1. The van der Waals surface area contributed by atoms with Crippen molar-refractivity contribution in [3.63, 3.8) is 0 Å². The Hall–Kier alpha value is -14.5. The summed E-state index contributed by atoms with van der Waals surface area (Å²) in [4.78, 5) is 35.1. The first kappa shape index (κ1) is 64.3. The maximum absolute atomic E-state index is 5.28. The van der Waals surface area contributed by atoms with Crippen LogP contribution in [-0.2, 0) is 0 Å². The predicted molar refractivity (Wildman–Crippen MR) is 448 cm³/mol. The molecule has 13 aromatic carbocycles. The molecule has 0 N–H and O–H groups in total. The molecular weight excluding hydrogens is 1310 g/mol. The molecule has 0 saturated heterocycles. The summed E-state index contributed by atoms with van der Waals surface area (Å²) in [6.45, 7) is 0. The van der Waals surface area contributed by atoms with E-state index in [1.807, 2.05) is 54.6 Å². The van der Waals surface area contributed by atoms with Gasteiger partial charge in [0.15, 0.2) is 0 Å². The van der Waals surface area contributed by atoms with E-state index in [0.717, 1.165) is 156 Å². The van der Waals surface area contributed by atoms with Crippen LogP contribution in [0.4, 0.5) is 0 Å². The molecule has 0 amide bonds. The van der Waals surface area contributed by atoms with Gasteiger partial charge in [-0.3, -0.25) is 9.97 Å². The molecule has 0 bridgehead atoms. The number of benzene rings is 13. The number of rotatable bonds is 12. The van der Waals surface area contributed by atoms with E-state index in [4.69, 9.17) is 24.9 Å². The monoisotopic (exact) mass is 1380 g/mol. The zero-order chi connectivity index (χ0) is 71.7. The van der Waals surface area contributed by atoms with Crippen molar-refractivity contribution in [2.45, 2.75) is 0 Å². The maximum Gasteiger partial charge on any atom is 0.0972 e. The standard InChI is InChI=1S/C52H34N4.C49H31N3/c1-2-13-35(14-3-1)39-16-11-18-41(32-39)52-45-21-12-20-43(51(45)44-19-4-5-22-46(44)56-52)40-17-10-15-38(31-40)36-25-27-37(28-26-36)42-33-49(47-23-6-8-29-53-47)55-50(34-42)48-24-7-9-30-54-48;1-3-12-32(13-4-1)36-16-9-19-39(30-36)47-42-22-11-21-40(46(42)41-20-7-8-23-45(41)52-47)37-17-10-18-38(31-37)44-29-27-35-25-24-34-26-28-43(33-14-5-2-6-15-33)50-48(34)49(35)51-44/h1-34H;1-31H. The molecule has 7 nitrogen and oxygen atoms in total. The van der Waals surface area contributed by atoms with Crippen molar-refractivity contribution in [1.82, 2.24) is 34.9 Å². The zero-order valence-corrected chi connectivity index (χ0v) is 58.7. The molecule has 0 spiro atoms. The van der Waals surface area contributed by atoms with Gasteiger partial charge in [-0.2, -0.15) is 0 Å². The number of hydrogen-bond acceptors (Lipinski definition) is 7. The topological polar surface area (TPSA) is 90.2 Å². The first-order valence-corrected chi connectivity index (χ1v) is 36.4. The molecule has 0 aliphatic carbocycles. The molecule has 7 heterocycles. The fraction of sp³-hybridized carbons (Fsp3) is 0. The molecule has 0 unspecified atom stereocenters. The van der Waals surface area contributed by atoms with Crippen molar-refractivity contribution in [3.8, 4) is 135 Å². The number of hydrogen-bond donors (Lipinski definition) is 0. The minimum absolute atomic E-state index is 0.811. The molecular formula is C101H65N7. The third-order valence-electron chi connectivity index (χ3n) is 20.4. The lowest BCUT2D eigenvalue weighted by molar-refractivity contribution is 1.22. The zero-order valence-electron chi connectivity index (χ0n) is 58.7. The summed E-state index contributed by atoms with van der Waals surface area (Å²) in [5.74, 6) is 0. The van der Waals surface area contributed by atoms with Crippen molar-refractivity contribution in [2.24, 2.45) is 0 Å². The van der Waals surface area contributed by atoms with Crippen LogP contribution in [0.2, 0.25) is 0 Å². The van der Waals surface area contributed by atoms with Crippen molar-refractivity contribution in [1.29, 1.82) is 0 Å². The maximum atomic E-state index is 5.28. The van der Waals surface area contributed by atoms with Crippen LogP contribution in [-0.4, -0.2) is 34.9 Å². The van der Waals surface area contributed by atoms with Crippen LogP contribution in [0.1, 0.15) is 0 Å². The normalized spacial score (nSPS) is 11.3. The highest BCUT2D eigenvalue weighted by Crippen LogP contribution is 2.44. The van der Waals surface area contributed by atoms with Crippen molar-refractivity contribution >= 4 is 65.2 Å². The number of para-hydroxylation sites is 2. The van der Waals surface area contributed by atoms with E-state index in [9.17, 15) is 0 Å². The Morgan fingerprint density at radius 2 is 0.509 bits per heavy atom. The number of aromatic nitrogens is 7. The van der Waals surface area contributed by atoms with Gasteiger partial charge in [0.1, 0.15) is 0 Å². The van der Waals surface area contributed by atoms with Gasteiger partial charge in [0.2, 0.25) is 0 Å². The number of pyridine rings is 7. The lowest BCUT2D eigenvalue weighted by atomic mass is 9.91. The van der Waals surface area contributed by atoms with Crippen molar-refractivity contribution in [2.75, 3.05) is 0 Å². The predicted octanol–water partition coefficient (Wildman–Crippen LogP) is 26.1. The summed E-state index contributed by atoms with van der Waals surface area (Å²) in [6.07, 6.45) is 3.60. The van der Waals surface area contributed by atoms with Gasteiger partial charge in [-0.1, -0.05) is 297 Å². The van der Waals surface area contributed by atoms with Crippen LogP contribution in [0.25, 0.3) is 200 Å². The summed E-state index contributed by atoms with van der Waals surface area (Å²) in [7, 11) is 0. The smallest absolute Gasteiger partial charge is 0.0972 e. The average molecular weight is 1380 g/mol. The van der Waals surface area contributed by atoms with Crippen LogP contribution >= 0.6 is 0 Å². The Kier molecular flexibility index (Phi) is 16.8. The Bertz CT molecular complexity index is 6710. The second-order valence-electron chi connectivity index (χ2n) is 27.1. The minimum Gasteiger partial charge on any atom is -0.255 e. The van der Waals surface area contributed by atoms with E-state index in [1.165, 1.54) is 44.2 Å². The van der Waals surface area contributed by atoms with Crippen molar-refractivity contribution in [3.05, 3.63) is 395 Å². The quantitative estimate of drug-likeness (QED) is 0.113. The molecule has 0 aliphatic rings. The lowest BCUT2D eigenvalue weighted by Gasteiger charge is -2.15. The number of fused-ring (bicyclic) bond motifs is 9. The average Bonchev–Trinajstić information content (AvgIpc) is 0.747. The van der Waals surface area contributed by atoms with Gasteiger partial charge in [-0.15, -0.1) is 0 Å². The minimum atomic E-state index is 0.811. The summed E-state index contributed by atoms with van der Waals surface area (Å²) in [5.41, 5.74) is 29.0. The molecule has 7 heteroatoms. The molecule has 504 valence electrons. The van der Waals surface area contributed by atoms with Crippen LogP contribution in [0.15, 0.2) is 395 Å². The largest absolute Gasteiger partial charge is 0.255 e. The molecule has 0 atom stereocenters. The molecule has 0 saturated carbocycles. The van der Waals surface area contributed by atoms with E-state index < -0.39 is 0 Å². The Balaban J connectivity index is 0.000000147. The lowest BCUT2D eigenvalue weighted by Crippen LogP contribution is -1.94. The van der Waals surface area contributed by atoms with Gasteiger partial charge in [0.25, 0.3) is 0 Å². The van der Waals surface area contributed by atoms with Crippen LogP contribution in [0, 0.1) is 0 Å². The summed E-state index contributed by atoms with van der Waals surface area (Å²) in [6, 6.07) is 134. The fourth-order valence-corrected chi connectivity index (χ4v) is 15.1.